The maximum absolute atomic E-state index is 13.6. The smallest absolute Gasteiger partial charge is 0.146 e. The third-order valence-corrected chi connectivity index (χ3v) is 2.50. The van der Waals surface area contributed by atoms with E-state index in [1.165, 1.54) is 0 Å². The molecule has 1 nitrogen and oxygen atoms in total. The zero-order valence-electron chi connectivity index (χ0n) is 7.24. The molecule has 3 heteroatoms. The van der Waals surface area contributed by atoms with Crippen molar-refractivity contribution in [3.8, 4) is 11.3 Å². The fraction of sp³-hybridized carbons (Fsp3) is 0. The lowest BCUT2D eigenvalue weighted by molar-refractivity contribution is 0.624. The molecule has 0 radical (unpaired) electrons. The second-order valence-corrected chi connectivity index (χ2v) is 3.67. The molecule has 0 aliphatic heterocycles. The normalized spacial score (nSPS) is 10.1. The van der Waals surface area contributed by atoms with Gasteiger partial charge in [-0.1, -0.05) is 12.1 Å². The first kappa shape index (κ1) is 9.34. The lowest BCUT2D eigenvalue weighted by atomic mass is 10.1. The molecule has 2 aromatic rings. The standard InChI is InChI=1S/C11H7BrFN/c12-9-5-3-4-8(11(9)13)10-6-1-2-7-14-10/h1-7H. The minimum absolute atomic E-state index is 0.272. The Balaban J connectivity index is 2.58. The van der Waals surface area contributed by atoms with Gasteiger partial charge in [-0.05, 0) is 40.2 Å². The van der Waals surface area contributed by atoms with E-state index >= 15 is 0 Å². The Kier molecular flexibility index (Phi) is 2.59. The summed E-state index contributed by atoms with van der Waals surface area (Å²) in [7, 11) is 0. The van der Waals surface area contributed by atoms with E-state index in [0.29, 0.717) is 15.7 Å². The van der Waals surface area contributed by atoms with Crippen LogP contribution >= 0.6 is 15.9 Å². The van der Waals surface area contributed by atoms with Crippen LogP contribution < -0.4 is 0 Å². The van der Waals surface area contributed by atoms with Gasteiger partial charge in [-0.3, -0.25) is 4.98 Å². The second kappa shape index (κ2) is 3.88. The Hall–Kier alpha value is -1.22. The SMILES string of the molecule is Fc1c(Br)cccc1-c1ccccn1. The van der Waals surface area contributed by atoms with Crippen LogP contribution in [0.5, 0.6) is 0 Å². The number of pyridine rings is 1. The van der Waals surface area contributed by atoms with E-state index in [1.54, 1.807) is 36.5 Å². The maximum Gasteiger partial charge on any atom is 0.146 e. The molecule has 0 saturated carbocycles. The summed E-state index contributed by atoms with van der Waals surface area (Å²) in [4.78, 5) is 4.09. The molecule has 0 spiro atoms. The first-order chi connectivity index (χ1) is 6.79. The summed E-state index contributed by atoms with van der Waals surface area (Å²) >= 11 is 3.14. The summed E-state index contributed by atoms with van der Waals surface area (Å²) in [5, 5.41) is 0. The van der Waals surface area contributed by atoms with Gasteiger partial charge < -0.3 is 0 Å². The van der Waals surface area contributed by atoms with Gasteiger partial charge in [0.15, 0.2) is 0 Å². The number of benzene rings is 1. The number of hydrogen-bond acceptors (Lipinski definition) is 1. The summed E-state index contributed by atoms with van der Waals surface area (Å²) in [5.74, 6) is -0.272. The van der Waals surface area contributed by atoms with E-state index in [4.69, 9.17) is 0 Å². The van der Waals surface area contributed by atoms with Crippen LogP contribution in [0, 0.1) is 5.82 Å². The van der Waals surface area contributed by atoms with E-state index in [9.17, 15) is 4.39 Å². The van der Waals surface area contributed by atoms with Crippen LogP contribution in [0.3, 0.4) is 0 Å². The molecule has 0 saturated heterocycles. The molecule has 1 aromatic heterocycles. The predicted molar refractivity (Wildman–Crippen MR) is 57.3 cm³/mol. The molecular formula is C11H7BrFN. The van der Waals surface area contributed by atoms with Gasteiger partial charge in [0.2, 0.25) is 0 Å². The topological polar surface area (TPSA) is 12.9 Å². The van der Waals surface area contributed by atoms with Gasteiger partial charge in [0.1, 0.15) is 5.82 Å². The predicted octanol–water partition coefficient (Wildman–Crippen LogP) is 3.65. The Morgan fingerprint density at radius 2 is 1.93 bits per heavy atom. The molecule has 14 heavy (non-hydrogen) atoms. The molecular weight excluding hydrogens is 245 g/mol. The molecule has 0 unspecified atom stereocenters. The van der Waals surface area contributed by atoms with Crippen molar-refractivity contribution in [1.29, 1.82) is 0 Å². The number of halogens is 2. The molecule has 0 fully saturated rings. The van der Waals surface area contributed by atoms with Crippen molar-refractivity contribution in [2.24, 2.45) is 0 Å². The number of nitrogens with zero attached hydrogens (tertiary/aromatic N) is 1. The molecule has 1 aromatic carbocycles. The highest BCUT2D eigenvalue weighted by Gasteiger charge is 2.07. The summed E-state index contributed by atoms with van der Waals surface area (Å²) < 4.78 is 14.1. The van der Waals surface area contributed by atoms with Crippen molar-refractivity contribution in [3.05, 3.63) is 52.9 Å². The van der Waals surface area contributed by atoms with Gasteiger partial charge in [-0.2, -0.15) is 0 Å². The molecule has 0 amide bonds. The third-order valence-electron chi connectivity index (χ3n) is 1.89. The highest BCUT2D eigenvalue weighted by molar-refractivity contribution is 9.10. The lowest BCUT2D eigenvalue weighted by Gasteiger charge is -2.02. The minimum Gasteiger partial charge on any atom is -0.256 e. The fourth-order valence-corrected chi connectivity index (χ4v) is 1.59. The molecule has 1 heterocycles. The minimum atomic E-state index is -0.272. The number of rotatable bonds is 1. The van der Waals surface area contributed by atoms with Crippen LogP contribution in [0.2, 0.25) is 0 Å². The lowest BCUT2D eigenvalue weighted by Crippen LogP contribution is -1.87. The molecule has 0 aliphatic carbocycles. The summed E-state index contributed by atoms with van der Waals surface area (Å²) in [5.41, 5.74) is 1.16. The van der Waals surface area contributed by atoms with Crippen molar-refractivity contribution in [3.63, 3.8) is 0 Å². The highest BCUT2D eigenvalue weighted by atomic mass is 79.9. The van der Waals surface area contributed by atoms with Crippen molar-refractivity contribution in [2.75, 3.05) is 0 Å². The molecule has 0 bridgehead atoms. The maximum atomic E-state index is 13.6. The first-order valence-electron chi connectivity index (χ1n) is 4.14. The van der Waals surface area contributed by atoms with Crippen molar-refractivity contribution in [1.82, 2.24) is 4.98 Å². The van der Waals surface area contributed by atoms with Crippen LogP contribution in [0.25, 0.3) is 11.3 Å². The zero-order chi connectivity index (χ0) is 9.97. The second-order valence-electron chi connectivity index (χ2n) is 2.82. The van der Waals surface area contributed by atoms with Crippen LogP contribution in [0.4, 0.5) is 4.39 Å². The first-order valence-corrected chi connectivity index (χ1v) is 4.94. The average molecular weight is 252 g/mol. The molecule has 0 aliphatic rings. The number of aromatic nitrogens is 1. The molecule has 0 N–H and O–H groups in total. The van der Waals surface area contributed by atoms with Crippen molar-refractivity contribution in [2.45, 2.75) is 0 Å². The van der Waals surface area contributed by atoms with Crippen LogP contribution in [-0.2, 0) is 0 Å². The zero-order valence-corrected chi connectivity index (χ0v) is 8.83. The molecule has 2 rings (SSSR count). The van der Waals surface area contributed by atoms with E-state index in [1.807, 2.05) is 6.07 Å². The Morgan fingerprint density at radius 1 is 1.07 bits per heavy atom. The summed E-state index contributed by atoms with van der Waals surface area (Å²) in [6.07, 6.45) is 1.65. The molecule has 0 atom stereocenters. The average Bonchev–Trinajstić information content (AvgIpc) is 2.23. The number of hydrogen-bond donors (Lipinski definition) is 0. The fourth-order valence-electron chi connectivity index (χ4n) is 1.22. The van der Waals surface area contributed by atoms with Crippen LogP contribution in [0.15, 0.2) is 47.1 Å². The van der Waals surface area contributed by atoms with Crippen molar-refractivity contribution >= 4 is 15.9 Å². The van der Waals surface area contributed by atoms with Crippen LogP contribution in [0.1, 0.15) is 0 Å². The van der Waals surface area contributed by atoms with Gasteiger partial charge in [-0.25, -0.2) is 4.39 Å². The van der Waals surface area contributed by atoms with Gasteiger partial charge >= 0.3 is 0 Å². The summed E-state index contributed by atoms with van der Waals surface area (Å²) in [6, 6.07) is 10.6. The van der Waals surface area contributed by atoms with Crippen molar-refractivity contribution < 1.29 is 4.39 Å². The largest absolute Gasteiger partial charge is 0.256 e. The van der Waals surface area contributed by atoms with Crippen LogP contribution in [-0.4, -0.2) is 4.98 Å². The van der Waals surface area contributed by atoms with E-state index < -0.39 is 0 Å². The quantitative estimate of drug-likeness (QED) is 0.754. The van der Waals surface area contributed by atoms with Gasteiger partial charge in [0.25, 0.3) is 0 Å². The van der Waals surface area contributed by atoms with E-state index in [-0.39, 0.29) is 5.82 Å². The van der Waals surface area contributed by atoms with Gasteiger partial charge in [-0.15, -0.1) is 0 Å². The highest BCUT2D eigenvalue weighted by Crippen LogP contribution is 2.25. The van der Waals surface area contributed by atoms with Gasteiger partial charge in [0, 0.05) is 11.8 Å². The monoisotopic (exact) mass is 251 g/mol. The summed E-state index contributed by atoms with van der Waals surface area (Å²) in [6.45, 7) is 0. The Morgan fingerprint density at radius 3 is 2.64 bits per heavy atom. The Bertz CT molecular complexity index is 442. The van der Waals surface area contributed by atoms with Gasteiger partial charge in [0.05, 0.1) is 10.2 Å². The van der Waals surface area contributed by atoms with E-state index in [0.717, 1.165) is 0 Å². The third kappa shape index (κ3) is 1.68. The Labute approximate surface area is 89.7 Å². The molecule has 70 valence electrons. The van der Waals surface area contributed by atoms with E-state index in [2.05, 4.69) is 20.9 Å².